The maximum absolute atomic E-state index is 11.6. The number of amides is 1. The first-order chi connectivity index (χ1) is 7.27. The summed E-state index contributed by atoms with van der Waals surface area (Å²) in [6, 6.07) is 0. The summed E-state index contributed by atoms with van der Waals surface area (Å²) in [6.07, 6.45) is 0. The van der Waals surface area contributed by atoms with Crippen LogP contribution in [0.2, 0.25) is 0 Å². The summed E-state index contributed by atoms with van der Waals surface area (Å²) in [6.45, 7) is 0. The zero-order chi connectivity index (χ0) is 12.9. The molecule has 0 fully saturated rings. The second kappa shape index (κ2) is 6.61. The van der Waals surface area contributed by atoms with Crippen molar-refractivity contribution >= 4 is 41.3 Å². The predicted molar refractivity (Wildman–Crippen MR) is 63.2 cm³/mol. The van der Waals surface area contributed by atoms with Crippen molar-refractivity contribution in [3.05, 3.63) is 9.70 Å². The van der Waals surface area contributed by atoms with Gasteiger partial charge in [-0.1, -0.05) is 11.6 Å². The topological polar surface area (TPSA) is 65.1 Å². The van der Waals surface area contributed by atoms with Gasteiger partial charge in [-0.05, 0) is 15.9 Å². The first-order valence-corrected chi connectivity index (χ1v) is 6.58. The van der Waals surface area contributed by atoms with Crippen LogP contribution in [0.15, 0.2) is 9.70 Å². The van der Waals surface area contributed by atoms with Crippen LogP contribution in [0.4, 0.5) is 0 Å². The zero-order valence-corrected chi connectivity index (χ0v) is 12.4. The van der Waals surface area contributed by atoms with Crippen LogP contribution in [-0.4, -0.2) is 39.1 Å². The number of carbonyl (C=O) groups excluding carboxylic acids is 1. The van der Waals surface area contributed by atoms with Gasteiger partial charge in [0.25, 0.3) is 5.91 Å². The number of halogens is 2. The highest BCUT2D eigenvalue weighted by atomic mass is 79.9. The summed E-state index contributed by atoms with van der Waals surface area (Å²) in [5.41, 5.74) is 0. The van der Waals surface area contributed by atoms with Gasteiger partial charge in [0.1, 0.15) is 3.94 Å². The lowest BCUT2D eigenvalue weighted by Crippen LogP contribution is -2.24. The molecule has 0 spiro atoms. The molecule has 0 aliphatic rings. The Morgan fingerprint density at radius 3 is 2.00 bits per heavy atom. The molecule has 0 saturated heterocycles. The number of nitrogens with zero attached hydrogens (tertiary/aromatic N) is 1. The Bertz CT molecular complexity index is 334. The summed E-state index contributed by atoms with van der Waals surface area (Å²) < 4.78 is 25.4. The van der Waals surface area contributed by atoms with Gasteiger partial charge in [0.2, 0.25) is 5.76 Å². The van der Waals surface area contributed by atoms with Crippen LogP contribution in [0.3, 0.4) is 0 Å². The third-order valence-electron chi connectivity index (χ3n) is 1.42. The van der Waals surface area contributed by atoms with Gasteiger partial charge in [0.15, 0.2) is 0 Å². The summed E-state index contributed by atoms with van der Waals surface area (Å²) in [5.74, 6) is -0.921. The Balaban J connectivity index is 5.09. The van der Waals surface area contributed by atoms with Crippen LogP contribution in [0.5, 0.6) is 0 Å². The van der Waals surface area contributed by atoms with E-state index in [1.165, 1.54) is 19.0 Å². The third-order valence-corrected chi connectivity index (χ3v) is 3.25. The van der Waals surface area contributed by atoms with E-state index in [0.29, 0.717) is 0 Å². The molecule has 0 aromatic heterocycles. The van der Waals surface area contributed by atoms with Crippen molar-refractivity contribution in [3.8, 4) is 0 Å². The number of phosphoric acid groups is 1. The van der Waals surface area contributed by atoms with Gasteiger partial charge in [-0.15, -0.1) is 0 Å². The minimum absolute atomic E-state index is 0.125. The van der Waals surface area contributed by atoms with Gasteiger partial charge >= 0.3 is 7.82 Å². The minimum Gasteiger partial charge on any atom is -0.396 e. The van der Waals surface area contributed by atoms with Gasteiger partial charge < -0.3 is 9.42 Å². The first-order valence-electron chi connectivity index (χ1n) is 3.95. The Kier molecular flexibility index (Phi) is 6.58. The van der Waals surface area contributed by atoms with E-state index in [0.717, 1.165) is 14.2 Å². The molecule has 0 aliphatic heterocycles. The molecule has 0 heterocycles. The molecule has 94 valence electrons. The van der Waals surface area contributed by atoms with Gasteiger partial charge in [0.05, 0.1) is 0 Å². The number of carbonyl (C=O) groups is 1. The second-order valence-corrected chi connectivity index (χ2v) is 6.13. The largest absolute Gasteiger partial charge is 0.529 e. The molecule has 1 amide bonds. The molecule has 9 heteroatoms. The molecule has 0 N–H and O–H groups in total. The van der Waals surface area contributed by atoms with Crippen molar-refractivity contribution < 1.29 is 22.9 Å². The van der Waals surface area contributed by atoms with E-state index < -0.39 is 13.7 Å². The molecule has 0 radical (unpaired) electrons. The van der Waals surface area contributed by atoms with Crippen LogP contribution in [-0.2, 0) is 22.9 Å². The normalized spacial score (nSPS) is 13.1. The van der Waals surface area contributed by atoms with Crippen molar-refractivity contribution in [2.75, 3.05) is 28.3 Å². The zero-order valence-electron chi connectivity index (χ0n) is 9.19. The summed E-state index contributed by atoms with van der Waals surface area (Å²) in [7, 11) is 1.43. The van der Waals surface area contributed by atoms with Crippen LogP contribution >= 0.6 is 35.4 Å². The molecular weight excluding hydrogens is 324 g/mol. The molecule has 0 aliphatic carbocycles. The molecule has 0 rings (SSSR count). The van der Waals surface area contributed by atoms with E-state index >= 15 is 0 Å². The predicted octanol–water partition coefficient (Wildman–Crippen LogP) is 2.29. The number of phosphoric ester groups is 1. The van der Waals surface area contributed by atoms with Crippen LogP contribution < -0.4 is 0 Å². The fraction of sp³-hybridized carbons (Fsp3) is 0.571. The lowest BCUT2D eigenvalue weighted by molar-refractivity contribution is -0.127. The van der Waals surface area contributed by atoms with Gasteiger partial charge in [-0.2, -0.15) is 0 Å². The molecule has 16 heavy (non-hydrogen) atoms. The molecule has 0 saturated carbocycles. The summed E-state index contributed by atoms with van der Waals surface area (Å²) in [4.78, 5) is 12.8. The number of hydrogen-bond donors (Lipinski definition) is 0. The van der Waals surface area contributed by atoms with E-state index in [1.54, 1.807) is 0 Å². The lowest BCUT2D eigenvalue weighted by atomic mass is 10.5. The minimum atomic E-state index is -3.80. The number of likely N-dealkylation sites (N-methyl/N-ethyl adjacent to an activating group) is 1. The molecular formula is C7H12BrClNO5P. The summed E-state index contributed by atoms with van der Waals surface area (Å²) in [5, 5.41) is 0. The number of rotatable bonds is 5. The molecule has 0 bridgehead atoms. The van der Waals surface area contributed by atoms with E-state index in [9.17, 15) is 9.36 Å². The average molecular weight is 337 g/mol. The average Bonchev–Trinajstić information content (AvgIpc) is 2.24. The fourth-order valence-corrected chi connectivity index (χ4v) is 1.86. The van der Waals surface area contributed by atoms with Crippen LogP contribution in [0.1, 0.15) is 0 Å². The highest BCUT2D eigenvalue weighted by molar-refractivity contribution is 9.12. The lowest BCUT2D eigenvalue weighted by Gasteiger charge is -2.18. The highest BCUT2D eigenvalue weighted by Crippen LogP contribution is 2.50. The van der Waals surface area contributed by atoms with Crippen LogP contribution in [0.25, 0.3) is 0 Å². The molecule has 0 aromatic rings. The van der Waals surface area contributed by atoms with E-state index in [1.807, 2.05) is 0 Å². The maximum atomic E-state index is 11.6. The first kappa shape index (κ1) is 15.9. The molecule has 0 aromatic carbocycles. The fourth-order valence-electron chi connectivity index (χ4n) is 0.618. The van der Waals surface area contributed by atoms with Gasteiger partial charge in [-0.25, -0.2) is 4.57 Å². The van der Waals surface area contributed by atoms with Gasteiger partial charge in [0, 0.05) is 28.3 Å². The third kappa shape index (κ3) is 4.43. The Morgan fingerprint density at radius 1 is 1.31 bits per heavy atom. The Morgan fingerprint density at radius 2 is 1.75 bits per heavy atom. The smallest absolute Gasteiger partial charge is 0.396 e. The van der Waals surface area contributed by atoms with Gasteiger partial charge in [-0.3, -0.25) is 13.8 Å². The molecule has 0 unspecified atom stereocenters. The quantitative estimate of drug-likeness (QED) is 0.438. The SMILES string of the molecule is COP(=O)(OC)O/C(C(=O)N(C)C)=C(/Cl)Br. The molecule has 6 nitrogen and oxygen atoms in total. The Labute approximate surface area is 107 Å². The van der Waals surface area contributed by atoms with Crippen molar-refractivity contribution in [3.63, 3.8) is 0 Å². The highest BCUT2D eigenvalue weighted by Gasteiger charge is 2.31. The van der Waals surface area contributed by atoms with Crippen molar-refractivity contribution in [1.82, 2.24) is 4.90 Å². The monoisotopic (exact) mass is 335 g/mol. The van der Waals surface area contributed by atoms with Crippen LogP contribution in [0, 0.1) is 0 Å². The Hall–Kier alpha value is -0.0700. The van der Waals surface area contributed by atoms with E-state index in [4.69, 9.17) is 16.1 Å². The summed E-state index contributed by atoms with van der Waals surface area (Å²) >= 11 is 8.46. The maximum Gasteiger partial charge on any atom is 0.529 e. The van der Waals surface area contributed by atoms with E-state index in [-0.39, 0.29) is 9.70 Å². The second-order valence-electron chi connectivity index (χ2n) is 2.69. The van der Waals surface area contributed by atoms with Crippen molar-refractivity contribution in [1.29, 1.82) is 0 Å². The van der Waals surface area contributed by atoms with Crippen molar-refractivity contribution in [2.24, 2.45) is 0 Å². The van der Waals surface area contributed by atoms with Crippen molar-refractivity contribution in [2.45, 2.75) is 0 Å². The molecule has 0 atom stereocenters. The van der Waals surface area contributed by atoms with E-state index in [2.05, 4.69) is 25.0 Å². The number of hydrogen-bond acceptors (Lipinski definition) is 5. The standard InChI is InChI=1S/C7H12BrClNO5P/c1-10(2)7(11)5(6(8)9)15-16(12,13-3)14-4/h1-4H3/b6-5+.